The Labute approximate surface area is 99.9 Å². The molecule has 1 saturated heterocycles. The monoisotopic (exact) mass is 233 g/mol. The highest BCUT2D eigenvalue weighted by molar-refractivity contribution is 5.98. The fraction of sp³-hybridized carbons (Fsp3) is 0.385. The first-order valence-corrected chi connectivity index (χ1v) is 5.76. The Kier molecular flexibility index (Phi) is 3.54. The molecule has 90 valence electrons. The second-order valence-electron chi connectivity index (χ2n) is 4.29. The molecule has 1 aromatic carbocycles. The maximum absolute atomic E-state index is 11.9. The third-order valence-electron chi connectivity index (χ3n) is 3.02. The molecule has 4 nitrogen and oxygen atoms in total. The van der Waals surface area contributed by atoms with E-state index in [2.05, 4.69) is 4.90 Å². The molecule has 0 saturated carbocycles. The van der Waals surface area contributed by atoms with Gasteiger partial charge in [-0.2, -0.15) is 0 Å². The van der Waals surface area contributed by atoms with Crippen LogP contribution in [0.5, 0.6) is 0 Å². The Morgan fingerprint density at radius 1 is 1.06 bits per heavy atom. The number of hydrogen-bond donors (Lipinski definition) is 1. The Bertz CT molecular complexity index is 419. The summed E-state index contributed by atoms with van der Waals surface area (Å²) in [5.74, 6) is -0.910. The lowest BCUT2D eigenvalue weighted by Crippen LogP contribution is -2.26. The normalized spacial score (nSPS) is 16.0. The fourth-order valence-corrected chi connectivity index (χ4v) is 2.03. The van der Waals surface area contributed by atoms with E-state index in [0.717, 1.165) is 25.9 Å². The predicted octanol–water partition coefficient (Wildman–Crippen LogP) is 1.66. The first-order valence-electron chi connectivity index (χ1n) is 5.76. The molecule has 0 aliphatic carbocycles. The number of carboxylic acid groups (broad SMARTS) is 1. The summed E-state index contributed by atoms with van der Waals surface area (Å²) in [5.41, 5.74) is 0.796. The second-order valence-corrected chi connectivity index (χ2v) is 4.29. The van der Waals surface area contributed by atoms with Crippen molar-refractivity contribution in [2.75, 3.05) is 19.6 Å². The van der Waals surface area contributed by atoms with Crippen LogP contribution in [0.2, 0.25) is 0 Å². The quantitative estimate of drug-likeness (QED) is 0.803. The van der Waals surface area contributed by atoms with Gasteiger partial charge < -0.3 is 5.11 Å². The number of carbonyl (C=O) groups is 2. The van der Waals surface area contributed by atoms with Crippen molar-refractivity contribution in [2.45, 2.75) is 12.8 Å². The molecule has 1 aliphatic heterocycles. The van der Waals surface area contributed by atoms with Crippen LogP contribution >= 0.6 is 0 Å². The van der Waals surface area contributed by atoms with Crippen molar-refractivity contribution >= 4 is 11.8 Å². The third kappa shape index (κ3) is 2.91. The van der Waals surface area contributed by atoms with Crippen molar-refractivity contribution in [1.29, 1.82) is 0 Å². The predicted molar refractivity (Wildman–Crippen MR) is 63.4 cm³/mol. The Morgan fingerprint density at radius 2 is 1.59 bits per heavy atom. The van der Waals surface area contributed by atoms with E-state index in [1.807, 2.05) is 0 Å². The van der Waals surface area contributed by atoms with Crippen LogP contribution in [0.3, 0.4) is 0 Å². The van der Waals surface area contributed by atoms with Gasteiger partial charge in [0, 0.05) is 5.56 Å². The highest BCUT2D eigenvalue weighted by Gasteiger charge is 2.16. The zero-order valence-electron chi connectivity index (χ0n) is 9.56. The molecule has 1 aliphatic rings. The Morgan fingerprint density at radius 3 is 2.12 bits per heavy atom. The van der Waals surface area contributed by atoms with Crippen molar-refractivity contribution in [2.24, 2.45) is 0 Å². The number of aromatic carboxylic acids is 1. The molecule has 2 rings (SSSR count). The smallest absolute Gasteiger partial charge is 0.335 e. The van der Waals surface area contributed by atoms with Crippen LogP contribution in [0.4, 0.5) is 0 Å². The first kappa shape index (κ1) is 11.8. The van der Waals surface area contributed by atoms with E-state index in [1.54, 1.807) is 12.1 Å². The van der Waals surface area contributed by atoms with Crippen molar-refractivity contribution in [3.05, 3.63) is 35.4 Å². The van der Waals surface area contributed by atoms with Crippen molar-refractivity contribution in [3.63, 3.8) is 0 Å². The van der Waals surface area contributed by atoms with Crippen LogP contribution in [0.25, 0.3) is 0 Å². The van der Waals surface area contributed by atoms with E-state index >= 15 is 0 Å². The van der Waals surface area contributed by atoms with Crippen LogP contribution < -0.4 is 0 Å². The maximum Gasteiger partial charge on any atom is 0.335 e. The lowest BCUT2D eigenvalue weighted by molar-refractivity contribution is 0.0696. The summed E-state index contributed by atoms with van der Waals surface area (Å²) in [7, 11) is 0. The van der Waals surface area contributed by atoms with Gasteiger partial charge in [0.2, 0.25) is 0 Å². The molecule has 0 aromatic heterocycles. The number of likely N-dealkylation sites (tertiary alicyclic amines) is 1. The van der Waals surface area contributed by atoms with Gasteiger partial charge in [-0.1, -0.05) is 12.1 Å². The Balaban J connectivity index is 2.01. The molecule has 1 fully saturated rings. The molecule has 0 bridgehead atoms. The number of ketones is 1. The van der Waals surface area contributed by atoms with Gasteiger partial charge in [-0.25, -0.2) is 4.79 Å². The SMILES string of the molecule is O=C(O)c1ccc(C(=O)CN2CCCC2)cc1. The standard InChI is InChI=1S/C13H15NO3/c15-12(9-14-7-1-2-8-14)10-3-5-11(6-4-10)13(16)17/h3-6H,1-2,7-9H2,(H,16,17). The largest absolute Gasteiger partial charge is 0.478 e. The molecule has 0 radical (unpaired) electrons. The highest BCUT2D eigenvalue weighted by atomic mass is 16.4. The Hall–Kier alpha value is -1.68. The number of rotatable bonds is 4. The number of benzene rings is 1. The molecule has 1 N–H and O–H groups in total. The molecule has 1 aromatic rings. The fourth-order valence-electron chi connectivity index (χ4n) is 2.03. The summed E-state index contributed by atoms with van der Waals surface area (Å²) in [6, 6.07) is 6.11. The second kappa shape index (κ2) is 5.10. The minimum absolute atomic E-state index is 0.0591. The molecular weight excluding hydrogens is 218 g/mol. The average Bonchev–Trinajstić information content (AvgIpc) is 2.82. The summed E-state index contributed by atoms with van der Waals surface area (Å²) in [6.07, 6.45) is 2.32. The summed E-state index contributed by atoms with van der Waals surface area (Å²) >= 11 is 0. The highest BCUT2D eigenvalue weighted by Crippen LogP contribution is 2.10. The van der Waals surface area contributed by atoms with Gasteiger partial charge in [0.05, 0.1) is 12.1 Å². The molecular formula is C13H15NO3. The number of hydrogen-bond acceptors (Lipinski definition) is 3. The van der Waals surface area contributed by atoms with Crippen molar-refractivity contribution < 1.29 is 14.7 Å². The molecule has 0 atom stereocenters. The van der Waals surface area contributed by atoms with Gasteiger partial charge in [0.15, 0.2) is 5.78 Å². The van der Waals surface area contributed by atoms with E-state index in [9.17, 15) is 9.59 Å². The third-order valence-corrected chi connectivity index (χ3v) is 3.02. The lowest BCUT2D eigenvalue weighted by Gasteiger charge is -2.13. The number of Topliss-reactive ketones (excluding diaryl/α,β-unsaturated/α-hetero) is 1. The number of nitrogens with zero attached hydrogens (tertiary/aromatic N) is 1. The zero-order chi connectivity index (χ0) is 12.3. The minimum atomic E-state index is -0.969. The first-order chi connectivity index (χ1) is 8.16. The van der Waals surface area contributed by atoms with E-state index in [0.29, 0.717) is 12.1 Å². The number of carboxylic acids is 1. The topological polar surface area (TPSA) is 57.6 Å². The van der Waals surface area contributed by atoms with E-state index < -0.39 is 5.97 Å². The van der Waals surface area contributed by atoms with Gasteiger partial charge in [0.1, 0.15) is 0 Å². The summed E-state index contributed by atoms with van der Waals surface area (Å²) in [6.45, 7) is 2.41. The minimum Gasteiger partial charge on any atom is -0.478 e. The number of carbonyl (C=O) groups excluding carboxylic acids is 1. The lowest BCUT2D eigenvalue weighted by atomic mass is 10.1. The van der Waals surface area contributed by atoms with Gasteiger partial charge in [-0.3, -0.25) is 9.69 Å². The average molecular weight is 233 g/mol. The molecule has 1 heterocycles. The van der Waals surface area contributed by atoms with E-state index in [-0.39, 0.29) is 11.3 Å². The van der Waals surface area contributed by atoms with Crippen LogP contribution in [-0.4, -0.2) is 41.4 Å². The maximum atomic E-state index is 11.9. The van der Waals surface area contributed by atoms with Crippen LogP contribution in [0.1, 0.15) is 33.6 Å². The summed E-state index contributed by atoms with van der Waals surface area (Å²) < 4.78 is 0. The molecule has 4 heteroatoms. The molecule has 17 heavy (non-hydrogen) atoms. The van der Waals surface area contributed by atoms with Gasteiger partial charge in [-0.05, 0) is 38.1 Å². The van der Waals surface area contributed by atoms with Crippen molar-refractivity contribution in [1.82, 2.24) is 4.90 Å². The summed E-state index contributed by atoms with van der Waals surface area (Å²) in [4.78, 5) is 24.7. The van der Waals surface area contributed by atoms with Crippen LogP contribution in [0.15, 0.2) is 24.3 Å². The van der Waals surface area contributed by atoms with Gasteiger partial charge in [-0.15, -0.1) is 0 Å². The molecule has 0 unspecified atom stereocenters. The van der Waals surface area contributed by atoms with Crippen LogP contribution in [0, 0.1) is 0 Å². The zero-order valence-corrected chi connectivity index (χ0v) is 9.56. The van der Waals surface area contributed by atoms with E-state index in [1.165, 1.54) is 12.1 Å². The molecule has 0 amide bonds. The van der Waals surface area contributed by atoms with Gasteiger partial charge >= 0.3 is 5.97 Å². The van der Waals surface area contributed by atoms with E-state index in [4.69, 9.17) is 5.11 Å². The van der Waals surface area contributed by atoms with Crippen molar-refractivity contribution in [3.8, 4) is 0 Å². The van der Waals surface area contributed by atoms with Gasteiger partial charge in [0.25, 0.3) is 0 Å². The molecule has 0 spiro atoms. The summed E-state index contributed by atoms with van der Waals surface area (Å²) in [5, 5.41) is 8.75. The van der Waals surface area contributed by atoms with Crippen LogP contribution in [-0.2, 0) is 0 Å².